The van der Waals surface area contributed by atoms with E-state index in [-0.39, 0.29) is 5.25 Å². The van der Waals surface area contributed by atoms with Crippen LogP contribution in [0.5, 0.6) is 0 Å². The first kappa shape index (κ1) is 13.6. The van der Waals surface area contributed by atoms with Crippen molar-refractivity contribution in [3.63, 3.8) is 0 Å². The second-order valence-corrected chi connectivity index (χ2v) is 8.62. The fourth-order valence-corrected chi connectivity index (χ4v) is 5.92. The monoisotopic (exact) mass is 306 g/mol. The molecule has 1 aliphatic carbocycles. The van der Waals surface area contributed by atoms with Gasteiger partial charge >= 0.3 is 0 Å². The van der Waals surface area contributed by atoms with Crippen molar-refractivity contribution < 1.29 is 8.42 Å². The molecule has 2 aliphatic heterocycles. The second-order valence-electron chi connectivity index (χ2n) is 6.41. The van der Waals surface area contributed by atoms with Crippen molar-refractivity contribution in [2.45, 2.75) is 43.4 Å². The minimum absolute atomic E-state index is 0.0898. The average Bonchev–Trinajstić information content (AvgIpc) is 3.30. The van der Waals surface area contributed by atoms with E-state index in [0.29, 0.717) is 25.0 Å². The third kappa shape index (κ3) is 2.01. The van der Waals surface area contributed by atoms with Gasteiger partial charge in [0.15, 0.2) is 0 Å². The highest BCUT2D eigenvalue weighted by Crippen LogP contribution is 2.45. The van der Waals surface area contributed by atoms with Gasteiger partial charge in [0.1, 0.15) is 0 Å². The van der Waals surface area contributed by atoms with E-state index in [9.17, 15) is 8.42 Å². The molecule has 1 saturated heterocycles. The zero-order chi connectivity index (χ0) is 14.6. The van der Waals surface area contributed by atoms with Gasteiger partial charge in [-0.1, -0.05) is 18.2 Å². The maximum Gasteiger partial charge on any atom is 0.217 e. The molecule has 2 fully saturated rings. The molecule has 1 aromatic carbocycles. The van der Waals surface area contributed by atoms with Crippen molar-refractivity contribution in [3.05, 3.63) is 29.8 Å². The number of benzene rings is 1. The Kier molecular flexibility index (Phi) is 3.05. The highest BCUT2D eigenvalue weighted by atomic mass is 32.2. The summed E-state index contributed by atoms with van der Waals surface area (Å²) in [6.45, 7) is 4.53. The van der Waals surface area contributed by atoms with Crippen LogP contribution in [0.15, 0.2) is 24.3 Å². The molecule has 1 saturated carbocycles. The van der Waals surface area contributed by atoms with Gasteiger partial charge in [0.2, 0.25) is 10.0 Å². The summed E-state index contributed by atoms with van der Waals surface area (Å²) in [7, 11) is -3.04. The van der Waals surface area contributed by atoms with Crippen molar-refractivity contribution >= 4 is 15.7 Å². The molecule has 4 rings (SSSR count). The Balaban J connectivity index is 1.66. The Labute approximate surface area is 126 Å². The molecule has 0 N–H and O–H groups in total. The number of likely N-dealkylation sites (N-methyl/N-ethyl adjacent to an activating group) is 1. The van der Waals surface area contributed by atoms with Crippen LogP contribution >= 0.6 is 0 Å². The zero-order valence-corrected chi connectivity index (χ0v) is 13.2. The van der Waals surface area contributed by atoms with Gasteiger partial charge in [-0.2, -0.15) is 0 Å². The summed E-state index contributed by atoms with van der Waals surface area (Å²) in [4.78, 5) is 2.46. The van der Waals surface area contributed by atoms with E-state index in [4.69, 9.17) is 0 Å². The SMILES string of the molecule is CCN1c2ccccc2[C@H]2CN(S(=O)(=O)C3CC3)CC[C@@H]21. The molecule has 3 aliphatic rings. The molecular formula is C16H22N2O2S. The normalized spacial score (nSPS) is 29.3. The summed E-state index contributed by atoms with van der Waals surface area (Å²) in [5.41, 5.74) is 2.64. The van der Waals surface area contributed by atoms with Gasteiger partial charge in [-0.25, -0.2) is 12.7 Å². The van der Waals surface area contributed by atoms with Crippen LogP contribution < -0.4 is 4.90 Å². The molecule has 21 heavy (non-hydrogen) atoms. The molecule has 0 spiro atoms. The van der Waals surface area contributed by atoms with E-state index >= 15 is 0 Å². The van der Waals surface area contributed by atoms with Crippen molar-refractivity contribution in [1.82, 2.24) is 4.31 Å². The van der Waals surface area contributed by atoms with Gasteiger partial charge in [0.25, 0.3) is 0 Å². The number of hydrogen-bond acceptors (Lipinski definition) is 3. The molecule has 2 atom stereocenters. The first-order chi connectivity index (χ1) is 10.1. The number of hydrogen-bond donors (Lipinski definition) is 0. The molecule has 0 amide bonds. The molecule has 5 heteroatoms. The number of fused-ring (bicyclic) bond motifs is 3. The van der Waals surface area contributed by atoms with E-state index in [1.807, 2.05) is 0 Å². The average molecular weight is 306 g/mol. The van der Waals surface area contributed by atoms with Crippen LogP contribution in [-0.2, 0) is 10.0 Å². The molecule has 0 radical (unpaired) electrons. The van der Waals surface area contributed by atoms with Crippen LogP contribution in [0.4, 0.5) is 5.69 Å². The van der Waals surface area contributed by atoms with Crippen molar-refractivity contribution in [3.8, 4) is 0 Å². The quantitative estimate of drug-likeness (QED) is 0.859. The summed E-state index contributed by atoms with van der Waals surface area (Å²) in [6.07, 6.45) is 2.65. The van der Waals surface area contributed by atoms with Crippen LogP contribution in [0, 0.1) is 0 Å². The summed E-state index contributed by atoms with van der Waals surface area (Å²) >= 11 is 0. The maximum atomic E-state index is 12.5. The largest absolute Gasteiger partial charge is 0.368 e. The van der Waals surface area contributed by atoms with Gasteiger partial charge in [-0.3, -0.25) is 0 Å². The van der Waals surface area contributed by atoms with Gasteiger partial charge in [-0.15, -0.1) is 0 Å². The third-order valence-corrected chi connectivity index (χ3v) is 7.60. The van der Waals surface area contributed by atoms with Crippen LogP contribution in [0.1, 0.15) is 37.7 Å². The Bertz CT molecular complexity index is 654. The van der Waals surface area contributed by atoms with E-state index < -0.39 is 10.0 Å². The molecule has 0 aromatic heterocycles. The highest BCUT2D eigenvalue weighted by molar-refractivity contribution is 7.90. The lowest BCUT2D eigenvalue weighted by Gasteiger charge is -2.38. The zero-order valence-electron chi connectivity index (χ0n) is 12.4. The fraction of sp³-hybridized carbons (Fsp3) is 0.625. The fourth-order valence-electron chi connectivity index (χ4n) is 4.04. The molecular weight excluding hydrogens is 284 g/mol. The molecule has 4 nitrogen and oxygen atoms in total. The Morgan fingerprint density at radius 2 is 1.95 bits per heavy atom. The lowest BCUT2D eigenvalue weighted by Crippen LogP contribution is -2.48. The minimum atomic E-state index is -3.04. The van der Waals surface area contributed by atoms with Crippen LogP contribution in [0.25, 0.3) is 0 Å². The van der Waals surface area contributed by atoms with Gasteiger partial charge in [-0.05, 0) is 37.8 Å². The standard InChI is InChI=1S/C16H22N2O2S/c1-2-18-15-6-4-3-5-13(15)14-11-17(10-9-16(14)18)21(19,20)12-7-8-12/h3-6,12,14,16H,2,7-11H2,1H3/t14-,16+/m1/s1. The number of rotatable bonds is 3. The number of piperidine rings is 1. The molecule has 1 aromatic rings. The summed E-state index contributed by atoms with van der Waals surface area (Å²) in [5, 5.41) is -0.0898. The predicted octanol–water partition coefficient (Wildman–Crippen LogP) is 2.18. The number of para-hydroxylation sites is 1. The van der Waals surface area contributed by atoms with Crippen LogP contribution in [0.3, 0.4) is 0 Å². The number of sulfonamides is 1. The number of nitrogens with zero attached hydrogens (tertiary/aromatic N) is 2. The Morgan fingerprint density at radius 3 is 2.67 bits per heavy atom. The Hall–Kier alpha value is -1.07. The molecule has 114 valence electrons. The van der Waals surface area contributed by atoms with Crippen molar-refractivity contribution in [2.24, 2.45) is 0 Å². The van der Waals surface area contributed by atoms with E-state index in [2.05, 4.69) is 36.1 Å². The van der Waals surface area contributed by atoms with Crippen molar-refractivity contribution in [2.75, 3.05) is 24.5 Å². The molecule has 0 unspecified atom stereocenters. The van der Waals surface area contributed by atoms with Gasteiger partial charge < -0.3 is 4.90 Å². The number of anilines is 1. The van der Waals surface area contributed by atoms with Gasteiger partial charge in [0.05, 0.1) is 5.25 Å². The summed E-state index contributed by atoms with van der Waals surface area (Å²) < 4.78 is 26.8. The third-order valence-electron chi connectivity index (χ3n) is 5.23. The molecule has 2 heterocycles. The highest BCUT2D eigenvalue weighted by Gasteiger charge is 2.47. The second kappa shape index (κ2) is 4.71. The first-order valence-electron chi connectivity index (χ1n) is 7.97. The summed E-state index contributed by atoms with van der Waals surface area (Å²) in [6, 6.07) is 8.98. The van der Waals surface area contributed by atoms with E-state index in [1.54, 1.807) is 4.31 Å². The lowest BCUT2D eigenvalue weighted by molar-refractivity contribution is 0.290. The first-order valence-corrected chi connectivity index (χ1v) is 9.47. The van der Waals surface area contributed by atoms with Crippen LogP contribution in [-0.4, -0.2) is 43.6 Å². The van der Waals surface area contributed by atoms with E-state index in [1.165, 1.54) is 11.3 Å². The van der Waals surface area contributed by atoms with E-state index in [0.717, 1.165) is 25.8 Å². The molecule has 0 bridgehead atoms. The van der Waals surface area contributed by atoms with Crippen molar-refractivity contribution in [1.29, 1.82) is 0 Å². The maximum absolute atomic E-state index is 12.5. The minimum Gasteiger partial charge on any atom is -0.368 e. The predicted molar refractivity (Wildman–Crippen MR) is 84.1 cm³/mol. The Morgan fingerprint density at radius 1 is 1.19 bits per heavy atom. The van der Waals surface area contributed by atoms with Crippen LogP contribution in [0.2, 0.25) is 0 Å². The smallest absolute Gasteiger partial charge is 0.217 e. The lowest BCUT2D eigenvalue weighted by atomic mass is 9.90. The van der Waals surface area contributed by atoms with Gasteiger partial charge in [0, 0.05) is 37.3 Å². The summed E-state index contributed by atoms with van der Waals surface area (Å²) in [5.74, 6) is 0.337. The topological polar surface area (TPSA) is 40.6 Å².